The average molecular weight is 364 g/mol. The molecule has 0 heterocycles. The lowest BCUT2D eigenvalue weighted by molar-refractivity contribution is 0.187. The number of aliphatic imine (C=N–C) groups is 1. The van der Waals surface area contributed by atoms with Crippen molar-refractivity contribution in [3.63, 3.8) is 0 Å². The number of nitrogens with zero attached hydrogens (tertiary/aromatic N) is 1. The number of hydrogen-bond donors (Lipinski definition) is 3. The van der Waals surface area contributed by atoms with Crippen molar-refractivity contribution >= 4 is 17.6 Å². The predicted octanol–water partition coefficient (Wildman–Crippen LogP) is 3.83. The fourth-order valence-corrected chi connectivity index (χ4v) is 2.45. The number of aliphatic hydroxyl groups is 1. The second kappa shape index (κ2) is 9.39. The van der Waals surface area contributed by atoms with Crippen LogP contribution in [0.5, 0.6) is 0 Å². The maximum Gasteiger partial charge on any atom is 0.191 e. The van der Waals surface area contributed by atoms with E-state index in [1.165, 1.54) is 12.1 Å². The van der Waals surface area contributed by atoms with Crippen molar-refractivity contribution in [1.82, 2.24) is 10.6 Å². The summed E-state index contributed by atoms with van der Waals surface area (Å²) >= 11 is 5.92. The van der Waals surface area contributed by atoms with Crippen LogP contribution in [0, 0.1) is 5.82 Å². The van der Waals surface area contributed by atoms with Gasteiger partial charge in [0.1, 0.15) is 5.82 Å². The number of rotatable bonds is 6. The third-order valence-electron chi connectivity index (χ3n) is 3.74. The Morgan fingerprint density at radius 3 is 2.32 bits per heavy atom. The Bertz CT molecular complexity index is 689. The Morgan fingerprint density at radius 2 is 1.72 bits per heavy atom. The molecule has 3 N–H and O–H groups in total. The summed E-state index contributed by atoms with van der Waals surface area (Å²) in [5, 5.41) is 17.4. The van der Waals surface area contributed by atoms with E-state index in [1.807, 2.05) is 38.1 Å². The molecule has 0 aliphatic rings. The van der Waals surface area contributed by atoms with E-state index in [4.69, 9.17) is 11.6 Å². The number of benzene rings is 2. The van der Waals surface area contributed by atoms with E-state index in [1.54, 1.807) is 12.1 Å². The molecule has 0 saturated heterocycles. The lowest BCUT2D eigenvalue weighted by Gasteiger charge is -2.19. The fraction of sp³-hybridized carbons (Fsp3) is 0.316. The second-order valence-corrected chi connectivity index (χ2v) is 6.14. The van der Waals surface area contributed by atoms with Crippen LogP contribution < -0.4 is 10.6 Å². The molecule has 25 heavy (non-hydrogen) atoms. The Labute approximate surface area is 152 Å². The number of aliphatic hydroxyl groups excluding tert-OH is 1. The molecule has 2 aromatic rings. The van der Waals surface area contributed by atoms with Gasteiger partial charge in [0, 0.05) is 11.6 Å². The molecule has 0 aliphatic carbocycles. The van der Waals surface area contributed by atoms with Crippen LogP contribution in [0.15, 0.2) is 53.5 Å². The lowest BCUT2D eigenvalue weighted by Crippen LogP contribution is -2.39. The maximum atomic E-state index is 13.0. The van der Waals surface area contributed by atoms with E-state index < -0.39 is 6.10 Å². The Balaban J connectivity index is 2.01. The van der Waals surface area contributed by atoms with Gasteiger partial charge in [0.25, 0.3) is 0 Å². The summed E-state index contributed by atoms with van der Waals surface area (Å²) in [6, 6.07) is 13.4. The zero-order valence-corrected chi connectivity index (χ0v) is 15.1. The highest BCUT2D eigenvalue weighted by Gasteiger charge is 2.10. The summed E-state index contributed by atoms with van der Waals surface area (Å²) in [6.07, 6.45) is -0.790. The monoisotopic (exact) mass is 363 g/mol. The molecule has 0 spiro atoms. The molecule has 0 aromatic heterocycles. The van der Waals surface area contributed by atoms with Crippen molar-refractivity contribution in [2.75, 3.05) is 13.1 Å². The molecule has 0 saturated carbocycles. The molecular formula is C19H23ClFN3O. The fourth-order valence-electron chi connectivity index (χ4n) is 2.33. The van der Waals surface area contributed by atoms with Gasteiger partial charge in [-0.2, -0.15) is 0 Å². The standard InChI is InChI=1S/C19H23ClFN3O/c1-3-22-19(24-13(2)14-4-8-16(20)9-5-14)23-12-18(25)15-6-10-17(21)11-7-15/h4-11,13,18,25H,3,12H2,1-2H3,(H2,22,23,24). The molecule has 0 bridgehead atoms. The first-order valence-electron chi connectivity index (χ1n) is 8.23. The first-order chi connectivity index (χ1) is 12.0. The topological polar surface area (TPSA) is 56.7 Å². The third-order valence-corrected chi connectivity index (χ3v) is 4.00. The van der Waals surface area contributed by atoms with Gasteiger partial charge >= 0.3 is 0 Å². The summed E-state index contributed by atoms with van der Waals surface area (Å²) in [5.74, 6) is 0.275. The van der Waals surface area contributed by atoms with Crippen LogP contribution in [0.1, 0.15) is 37.1 Å². The number of nitrogens with one attached hydrogen (secondary N) is 2. The van der Waals surface area contributed by atoms with Crippen LogP contribution in [0.4, 0.5) is 4.39 Å². The van der Waals surface area contributed by atoms with E-state index in [2.05, 4.69) is 15.6 Å². The van der Waals surface area contributed by atoms with E-state index in [0.717, 1.165) is 5.56 Å². The van der Waals surface area contributed by atoms with Gasteiger partial charge in [0.05, 0.1) is 18.7 Å². The minimum absolute atomic E-state index is 0.0260. The first-order valence-corrected chi connectivity index (χ1v) is 8.61. The number of hydrogen-bond acceptors (Lipinski definition) is 2. The SMILES string of the molecule is CCNC(=NCC(O)c1ccc(F)cc1)NC(C)c1ccc(Cl)cc1. The minimum Gasteiger partial charge on any atom is -0.386 e. The normalized spacial score (nSPS) is 14.0. The maximum absolute atomic E-state index is 13.0. The van der Waals surface area contributed by atoms with Crippen LogP contribution in [0.25, 0.3) is 0 Å². The van der Waals surface area contributed by atoms with Gasteiger partial charge in [0.15, 0.2) is 5.96 Å². The molecule has 4 nitrogen and oxygen atoms in total. The highest BCUT2D eigenvalue weighted by Crippen LogP contribution is 2.16. The van der Waals surface area contributed by atoms with Gasteiger partial charge in [-0.05, 0) is 49.2 Å². The van der Waals surface area contributed by atoms with E-state index >= 15 is 0 Å². The van der Waals surface area contributed by atoms with Crippen LogP contribution in [0.3, 0.4) is 0 Å². The van der Waals surface area contributed by atoms with Crippen LogP contribution in [0.2, 0.25) is 5.02 Å². The smallest absolute Gasteiger partial charge is 0.191 e. The Hall–Kier alpha value is -2.11. The molecule has 0 aliphatic heterocycles. The number of halogens is 2. The van der Waals surface area contributed by atoms with Gasteiger partial charge in [-0.25, -0.2) is 4.39 Å². The second-order valence-electron chi connectivity index (χ2n) is 5.70. The molecular weight excluding hydrogens is 341 g/mol. The van der Waals surface area contributed by atoms with Crippen molar-refractivity contribution in [3.05, 3.63) is 70.5 Å². The van der Waals surface area contributed by atoms with Crippen LogP contribution in [-0.2, 0) is 0 Å². The molecule has 2 atom stereocenters. The first kappa shape index (κ1) is 19.2. The highest BCUT2D eigenvalue weighted by atomic mass is 35.5. The largest absolute Gasteiger partial charge is 0.386 e. The van der Waals surface area contributed by atoms with Gasteiger partial charge in [-0.15, -0.1) is 0 Å². The zero-order chi connectivity index (χ0) is 18.2. The zero-order valence-electron chi connectivity index (χ0n) is 14.3. The van der Waals surface area contributed by atoms with Crippen molar-refractivity contribution in [3.8, 4) is 0 Å². The highest BCUT2D eigenvalue weighted by molar-refractivity contribution is 6.30. The van der Waals surface area contributed by atoms with Crippen molar-refractivity contribution in [2.45, 2.75) is 26.0 Å². The molecule has 0 amide bonds. The summed E-state index contributed by atoms with van der Waals surface area (Å²) < 4.78 is 13.0. The van der Waals surface area contributed by atoms with Crippen molar-refractivity contribution < 1.29 is 9.50 Å². The third kappa shape index (κ3) is 6.03. The molecule has 134 valence electrons. The predicted molar refractivity (Wildman–Crippen MR) is 100 cm³/mol. The van der Waals surface area contributed by atoms with Gasteiger partial charge in [0.2, 0.25) is 0 Å². The molecule has 0 radical (unpaired) electrons. The molecule has 2 unspecified atom stereocenters. The van der Waals surface area contributed by atoms with Crippen LogP contribution >= 0.6 is 11.6 Å². The number of guanidine groups is 1. The molecule has 6 heteroatoms. The summed E-state index contributed by atoms with van der Waals surface area (Å²) in [4.78, 5) is 4.42. The van der Waals surface area contributed by atoms with Gasteiger partial charge < -0.3 is 15.7 Å². The van der Waals surface area contributed by atoms with E-state index in [0.29, 0.717) is 23.1 Å². The van der Waals surface area contributed by atoms with E-state index in [9.17, 15) is 9.50 Å². The Kier molecular flexibility index (Phi) is 7.22. The van der Waals surface area contributed by atoms with Crippen molar-refractivity contribution in [2.24, 2.45) is 4.99 Å². The minimum atomic E-state index is -0.790. The summed E-state index contributed by atoms with van der Waals surface area (Å²) in [7, 11) is 0. The van der Waals surface area contributed by atoms with Gasteiger partial charge in [-0.3, -0.25) is 4.99 Å². The molecule has 2 rings (SSSR count). The molecule has 2 aromatic carbocycles. The Morgan fingerprint density at radius 1 is 1.12 bits per heavy atom. The average Bonchev–Trinajstić information content (AvgIpc) is 2.60. The van der Waals surface area contributed by atoms with Crippen molar-refractivity contribution in [1.29, 1.82) is 0 Å². The summed E-state index contributed by atoms with van der Waals surface area (Å²) in [5.41, 5.74) is 1.71. The van der Waals surface area contributed by atoms with E-state index in [-0.39, 0.29) is 18.4 Å². The van der Waals surface area contributed by atoms with Crippen LogP contribution in [-0.4, -0.2) is 24.2 Å². The summed E-state index contributed by atoms with van der Waals surface area (Å²) in [6.45, 7) is 4.87. The lowest BCUT2D eigenvalue weighted by atomic mass is 10.1. The quantitative estimate of drug-likeness (QED) is 0.540. The van der Waals surface area contributed by atoms with Gasteiger partial charge in [-0.1, -0.05) is 35.9 Å². The molecule has 0 fully saturated rings.